The van der Waals surface area contributed by atoms with Crippen LogP contribution in [0.4, 0.5) is 5.69 Å². The monoisotopic (exact) mass is 288 g/mol. The number of rotatable bonds is 3. The number of nitrogens with one attached hydrogen (secondary N) is 1. The molecule has 0 aliphatic heterocycles. The Morgan fingerprint density at radius 1 is 1.24 bits per heavy atom. The Morgan fingerprint density at radius 2 is 1.86 bits per heavy atom. The summed E-state index contributed by atoms with van der Waals surface area (Å²) in [4.78, 5) is 15.8. The van der Waals surface area contributed by atoms with Gasteiger partial charge in [-0.05, 0) is 42.8 Å². The van der Waals surface area contributed by atoms with Gasteiger partial charge >= 0.3 is 0 Å². The zero-order valence-corrected chi connectivity index (χ0v) is 13.0. The van der Waals surface area contributed by atoms with Crippen LogP contribution in [-0.4, -0.2) is 18.0 Å². The van der Waals surface area contributed by atoms with Gasteiger partial charge in [0.15, 0.2) is 0 Å². The predicted molar refractivity (Wildman–Crippen MR) is 88.0 cm³/mol. The van der Waals surface area contributed by atoms with Crippen molar-refractivity contribution in [2.75, 3.05) is 12.4 Å². The van der Waals surface area contributed by atoms with Crippen LogP contribution in [0.5, 0.6) is 5.75 Å². The number of nitrogens with zero attached hydrogens (tertiary/aromatic N) is 1. The quantitative estimate of drug-likeness (QED) is 0.915. The lowest BCUT2D eigenvalue weighted by Crippen LogP contribution is -2.11. The fourth-order valence-electron chi connectivity index (χ4n) is 1.66. The molecule has 1 aromatic carbocycles. The van der Waals surface area contributed by atoms with Crippen LogP contribution >= 0.6 is 0 Å². The van der Waals surface area contributed by atoms with Crippen LogP contribution in [0.3, 0.4) is 0 Å². The molecule has 0 atom stereocenters. The molecule has 1 N–H and O–H groups in total. The SMILES string of the molecule is CCC.COc1ccc(NC(=O)c2ccncc2)cc1C.[HH]. The zero-order valence-electron chi connectivity index (χ0n) is 13.0. The van der Waals surface area contributed by atoms with Crippen molar-refractivity contribution < 1.29 is 11.0 Å². The number of hydrogen-bond donors (Lipinski definition) is 1. The molecule has 2 aromatic rings. The Bertz CT molecular complexity index is 574. The van der Waals surface area contributed by atoms with Crippen LogP contribution in [0.1, 0.15) is 37.6 Å². The molecule has 0 aliphatic rings. The third kappa shape index (κ3) is 5.26. The highest BCUT2D eigenvalue weighted by atomic mass is 16.5. The van der Waals surface area contributed by atoms with Crippen LogP contribution in [0.15, 0.2) is 42.7 Å². The molecule has 1 amide bonds. The van der Waals surface area contributed by atoms with Crippen LogP contribution in [-0.2, 0) is 0 Å². The number of carbonyl (C=O) groups is 1. The van der Waals surface area contributed by atoms with Gasteiger partial charge in [0, 0.05) is 25.1 Å². The van der Waals surface area contributed by atoms with Crippen LogP contribution in [0.25, 0.3) is 0 Å². The maximum absolute atomic E-state index is 11.9. The van der Waals surface area contributed by atoms with E-state index in [-0.39, 0.29) is 7.33 Å². The van der Waals surface area contributed by atoms with Gasteiger partial charge in [0.1, 0.15) is 5.75 Å². The third-order valence-corrected chi connectivity index (χ3v) is 2.60. The first-order chi connectivity index (χ1) is 10.1. The lowest BCUT2D eigenvalue weighted by Gasteiger charge is -2.08. The summed E-state index contributed by atoms with van der Waals surface area (Å²) in [5.74, 6) is 0.652. The number of benzene rings is 1. The maximum atomic E-state index is 11.9. The summed E-state index contributed by atoms with van der Waals surface area (Å²) in [5, 5.41) is 2.83. The second-order valence-electron chi connectivity index (χ2n) is 4.58. The molecule has 0 aliphatic carbocycles. The highest BCUT2D eigenvalue weighted by molar-refractivity contribution is 6.04. The second kappa shape index (κ2) is 8.74. The summed E-state index contributed by atoms with van der Waals surface area (Å²) in [6.45, 7) is 6.18. The lowest BCUT2D eigenvalue weighted by molar-refractivity contribution is 0.102. The molecular weight excluding hydrogens is 264 g/mol. The average Bonchev–Trinajstić information content (AvgIpc) is 2.49. The normalized spacial score (nSPS) is 9.33. The molecule has 4 heteroatoms. The summed E-state index contributed by atoms with van der Waals surface area (Å²) in [7, 11) is 1.62. The van der Waals surface area contributed by atoms with E-state index in [2.05, 4.69) is 24.1 Å². The fraction of sp³-hybridized carbons (Fsp3) is 0.294. The van der Waals surface area contributed by atoms with E-state index in [1.165, 1.54) is 6.42 Å². The number of ether oxygens (including phenoxy) is 1. The summed E-state index contributed by atoms with van der Waals surface area (Å²) < 4.78 is 5.17. The van der Waals surface area contributed by atoms with Crippen molar-refractivity contribution in [2.45, 2.75) is 27.2 Å². The van der Waals surface area contributed by atoms with Gasteiger partial charge in [0.25, 0.3) is 5.91 Å². The number of aromatic nitrogens is 1. The summed E-state index contributed by atoms with van der Waals surface area (Å²) in [5.41, 5.74) is 2.30. The molecule has 0 bridgehead atoms. The molecule has 0 spiro atoms. The number of anilines is 1. The molecule has 2 rings (SSSR count). The number of amides is 1. The predicted octanol–water partition coefficient (Wildman–Crippen LogP) is 4.31. The van der Waals surface area contributed by atoms with Crippen molar-refractivity contribution in [3.8, 4) is 5.75 Å². The van der Waals surface area contributed by atoms with Crippen molar-refractivity contribution in [3.05, 3.63) is 53.9 Å². The number of pyridine rings is 1. The van der Waals surface area contributed by atoms with Gasteiger partial charge in [-0.15, -0.1) is 0 Å². The third-order valence-electron chi connectivity index (χ3n) is 2.60. The minimum absolute atomic E-state index is 0. The van der Waals surface area contributed by atoms with Crippen molar-refractivity contribution in [1.82, 2.24) is 4.98 Å². The summed E-state index contributed by atoms with van der Waals surface area (Å²) in [6, 6.07) is 8.86. The van der Waals surface area contributed by atoms with E-state index < -0.39 is 0 Å². The Balaban J connectivity index is 0.00000102. The van der Waals surface area contributed by atoms with Gasteiger partial charge in [-0.1, -0.05) is 20.3 Å². The maximum Gasteiger partial charge on any atom is 0.255 e. The second-order valence-corrected chi connectivity index (χ2v) is 4.58. The molecule has 0 saturated carbocycles. The molecule has 1 heterocycles. The molecular formula is C17H24N2O2. The van der Waals surface area contributed by atoms with Gasteiger partial charge in [-0.2, -0.15) is 0 Å². The van der Waals surface area contributed by atoms with Crippen LogP contribution < -0.4 is 10.1 Å². The highest BCUT2D eigenvalue weighted by Crippen LogP contribution is 2.21. The van der Waals surface area contributed by atoms with Gasteiger partial charge < -0.3 is 10.1 Å². The van der Waals surface area contributed by atoms with Crippen LogP contribution in [0.2, 0.25) is 0 Å². The number of carbonyl (C=O) groups excluding carboxylic acids is 1. The van der Waals surface area contributed by atoms with Crippen LogP contribution in [0, 0.1) is 6.92 Å². The lowest BCUT2D eigenvalue weighted by atomic mass is 10.2. The average molecular weight is 288 g/mol. The first-order valence-electron chi connectivity index (χ1n) is 6.98. The van der Waals surface area contributed by atoms with Crippen molar-refractivity contribution in [2.24, 2.45) is 0 Å². The molecule has 4 nitrogen and oxygen atoms in total. The Labute approximate surface area is 127 Å². The van der Waals surface area contributed by atoms with Gasteiger partial charge in [-0.25, -0.2) is 0 Å². The van der Waals surface area contributed by atoms with E-state index in [1.807, 2.05) is 25.1 Å². The largest absolute Gasteiger partial charge is 0.496 e. The number of hydrogen-bond acceptors (Lipinski definition) is 3. The van der Waals surface area contributed by atoms with Crippen molar-refractivity contribution in [1.29, 1.82) is 0 Å². The Morgan fingerprint density at radius 3 is 2.38 bits per heavy atom. The standard InChI is InChI=1S/C14H14N2O2.C3H8.H2/c1-10-9-12(3-4-13(10)18-2)16-14(17)11-5-7-15-8-6-11;1-3-2;/h3-9H,1-2H3,(H,16,17);3H2,1-2H3;1H. The molecule has 21 heavy (non-hydrogen) atoms. The topological polar surface area (TPSA) is 51.2 Å². The van der Waals surface area contributed by atoms with E-state index in [9.17, 15) is 4.79 Å². The smallest absolute Gasteiger partial charge is 0.255 e. The molecule has 0 radical (unpaired) electrons. The first-order valence-corrected chi connectivity index (χ1v) is 6.98. The van der Waals surface area contributed by atoms with E-state index in [0.717, 1.165) is 17.0 Å². The molecule has 0 fully saturated rings. The van der Waals surface area contributed by atoms with E-state index in [0.29, 0.717) is 5.56 Å². The van der Waals surface area contributed by atoms with E-state index >= 15 is 0 Å². The van der Waals surface area contributed by atoms with E-state index in [4.69, 9.17) is 4.74 Å². The van der Waals surface area contributed by atoms with Gasteiger partial charge in [0.05, 0.1) is 7.11 Å². The molecule has 0 unspecified atom stereocenters. The Kier molecular flexibility index (Phi) is 6.95. The molecule has 0 saturated heterocycles. The zero-order chi connectivity index (χ0) is 15.7. The highest BCUT2D eigenvalue weighted by Gasteiger charge is 2.06. The van der Waals surface area contributed by atoms with Gasteiger partial charge in [-0.3, -0.25) is 9.78 Å². The van der Waals surface area contributed by atoms with Crippen molar-refractivity contribution >= 4 is 11.6 Å². The number of aryl methyl sites for hydroxylation is 1. The number of methoxy groups -OCH3 is 1. The Hall–Kier alpha value is -2.36. The van der Waals surface area contributed by atoms with Gasteiger partial charge in [0.2, 0.25) is 0 Å². The van der Waals surface area contributed by atoms with E-state index in [1.54, 1.807) is 31.6 Å². The summed E-state index contributed by atoms with van der Waals surface area (Å²) >= 11 is 0. The molecule has 114 valence electrons. The minimum Gasteiger partial charge on any atom is -0.496 e. The van der Waals surface area contributed by atoms with Crippen molar-refractivity contribution in [3.63, 3.8) is 0 Å². The summed E-state index contributed by atoms with van der Waals surface area (Å²) in [6.07, 6.45) is 4.43. The first kappa shape index (κ1) is 16.7. The molecule has 1 aromatic heterocycles. The minimum atomic E-state index is -0.151. The fourth-order valence-corrected chi connectivity index (χ4v) is 1.66.